The highest BCUT2D eigenvalue weighted by molar-refractivity contribution is 5.55. The van der Waals surface area contributed by atoms with Crippen molar-refractivity contribution in [3.05, 3.63) is 23.3 Å². The Morgan fingerprint density at radius 1 is 1.40 bits per heavy atom. The molecular weight excluding hydrogens is 250 g/mol. The quantitative estimate of drug-likeness (QED) is 0.630. The summed E-state index contributed by atoms with van der Waals surface area (Å²) in [4.78, 5) is 0. The van der Waals surface area contributed by atoms with Gasteiger partial charge in [-0.3, -0.25) is 0 Å². The zero-order chi connectivity index (χ0) is 14.5. The lowest BCUT2D eigenvalue weighted by atomic mass is 9.99. The second kappa shape index (κ2) is 6.98. The van der Waals surface area contributed by atoms with Gasteiger partial charge in [-0.15, -0.1) is 0 Å². The normalized spacial score (nSPS) is 18.7. The Bertz CT molecular complexity index is 437. The lowest BCUT2D eigenvalue weighted by Gasteiger charge is -2.17. The van der Waals surface area contributed by atoms with Crippen molar-refractivity contribution in [1.29, 1.82) is 0 Å². The number of rotatable bonds is 6. The minimum absolute atomic E-state index is 0.422. The van der Waals surface area contributed by atoms with E-state index in [2.05, 4.69) is 26.0 Å². The average molecular weight is 277 g/mol. The molecule has 0 saturated carbocycles. The molecule has 1 atom stereocenters. The predicted molar refractivity (Wildman–Crippen MR) is 83.4 cm³/mol. The zero-order valence-electron chi connectivity index (χ0n) is 12.9. The number of hydrogen-bond acceptors (Lipinski definition) is 3. The van der Waals surface area contributed by atoms with Gasteiger partial charge in [-0.1, -0.05) is 13.8 Å². The van der Waals surface area contributed by atoms with Gasteiger partial charge in [0.15, 0.2) is 0 Å². The van der Waals surface area contributed by atoms with Crippen LogP contribution in [0.4, 0.5) is 5.69 Å². The van der Waals surface area contributed by atoms with Crippen LogP contribution in [0, 0.1) is 6.92 Å². The minimum Gasteiger partial charge on any atom is -0.493 e. The maximum absolute atomic E-state index is 5.99. The van der Waals surface area contributed by atoms with Crippen LogP contribution < -0.4 is 10.5 Å². The molecule has 0 aliphatic carbocycles. The number of hydrogen-bond donors (Lipinski definition) is 1. The average Bonchev–Trinajstić information content (AvgIpc) is 2.91. The number of nitrogens with two attached hydrogens (primary N) is 1. The first kappa shape index (κ1) is 15.2. The fraction of sp³-hybridized carbons (Fsp3) is 0.647. The monoisotopic (exact) mass is 277 g/mol. The number of aryl methyl sites for hydroxylation is 1. The number of ether oxygens (including phenoxy) is 2. The van der Waals surface area contributed by atoms with Crippen molar-refractivity contribution in [3.8, 4) is 5.75 Å². The molecule has 3 nitrogen and oxygen atoms in total. The maximum Gasteiger partial charge on any atom is 0.123 e. The molecule has 0 amide bonds. The van der Waals surface area contributed by atoms with Gasteiger partial charge in [0, 0.05) is 12.3 Å². The molecule has 0 bridgehead atoms. The summed E-state index contributed by atoms with van der Waals surface area (Å²) in [5, 5.41) is 0. The van der Waals surface area contributed by atoms with Gasteiger partial charge < -0.3 is 15.2 Å². The molecule has 20 heavy (non-hydrogen) atoms. The summed E-state index contributed by atoms with van der Waals surface area (Å²) in [7, 11) is 0. The summed E-state index contributed by atoms with van der Waals surface area (Å²) in [6.45, 7) is 8.05. The Balaban J connectivity index is 1.89. The third kappa shape index (κ3) is 3.89. The number of anilines is 1. The number of nitrogen functional groups attached to an aromatic ring is 1. The van der Waals surface area contributed by atoms with Crippen LogP contribution in [0.5, 0.6) is 5.75 Å². The summed E-state index contributed by atoms with van der Waals surface area (Å²) in [5.41, 5.74) is 9.13. The Morgan fingerprint density at radius 3 is 2.85 bits per heavy atom. The molecule has 1 aromatic rings. The van der Waals surface area contributed by atoms with Crippen molar-refractivity contribution in [2.24, 2.45) is 0 Å². The van der Waals surface area contributed by atoms with E-state index in [9.17, 15) is 0 Å². The van der Waals surface area contributed by atoms with Crippen LogP contribution in [0.15, 0.2) is 12.1 Å². The highest BCUT2D eigenvalue weighted by atomic mass is 16.5. The lowest BCUT2D eigenvalue weighted by Crippen LogP contribution is -2.09. The van der Waals surface area contributed by atoms with Gasteiger partial charge in [-0.25, -0.2) is 0 Å². The third-order valence-electron chi connectivity index (χ3n) is 3.97. The fourth-order valence-corrected chi connectivity index (χ4v) is 2.66. The molecule has 0 radical (unpaired) electrons. The van der Waals surface area contributed by atoms with E-state index in [1.807, 2.05) is 6.92 Å². The van der Waals surface area contributed by atoms with Crippen LogP contribution in [0.2, 0.25) is 0 Å². The molecule has 3 heteroatoms. The van der Waals surface area contributed by atoms with Crippen molar-refractivity contribution < 1.29 is 9.47 Å². The maximum atomic E-state index is 5.99. The summed E-state index contributed by atoms with van der Waals surface area (Å²) < 4.78 is 11.6. The van der Waals surface area contributed by atoms with Crippen LogP contribution >= 0.6 is 0 Å². The summed E-state index contributed by atoms with van der Waals surface area (Å²) in [6.07, 6.45) is 5.02. The highest BCUT2D eigenvalue weighted by Crippen LogP contribution is 2.31. The SMILES string of the molecule is Cc1cc(OCCCC2CCCO2)c(C(C)C)cc1N. The zero-order valence-corrected chi connectivity index (χ0v) is 12.9. The van der Waals surface area contributed by atoms with Gasteiger partial charge in [0.25, 0.3) is 0 Å². The molecule has 2 rings (SSSR count). The van der Waals surface area contributed by atoms with Crippen molar-refractivity contribution >= 4 is 5.69 Å². The van der Waals surface area contributed by atoms with Gasteiger partial charge in [0.2, 0.25) is 0 Å². The van der Waals surface area contributed by atoms with Crippen LogP contribution in [0.3, 0.4) is 0 Å². The molecule has 1 fully saturated rings. The summed E-state index contributed by atoms with van der Waals surface area (Å²) >= 11 is 0. The Morgan fingerprint density at radius 2 is 2.20 bits per heavy atom. The number of benzene rings is 1. The molecule has 0 spiro atoms. The molecule has 2 N–H and O–H groups in total. The van der Waals surface area contributed by atoms with Gasteiger partial charge >= 0.3 is 0 Å². The van der Waals surface area contributed by atoms with Crippen LogP contribution in [0.1, 0.15) is 56.6 Å². The smallest absolute Gasteiger partial charge is 0.123 e. The van der Waals surface area contributed by atoms with E-state index in [0.29, 0.717) is 12.0 Å². The third-order valence-corrected chi connectivity index (χ3v) is 3.97. The standard InChI is InChI=1S/C17H27NO2/c1-12(2)15-11-16(18)13(3)10-17(15)20-9-5-7-14-6-4-8-19-14/h10-12,14H,4-9,18H2,1-3H3. The minimum atomic E-state index is 0.422. The molecule has 112 valence electrons. The van der Waals surface area contributed by atoms with E-state index < -0.39 is 0 Å². The molecule has 0 aromatic heterocycles. The van der Waals surface area contributed by atoms with Crippen molar-refractivity contribution in [3.63, 3.8) is 0 Å². The molecule has 1 aliphatic rings. The van der Waals surface area contributed by atoms with Gasteiger partial charge in [-0.2, -0.15) is 0 Å². The van der Waals surface area contributed by atoms with Crippen molar-refractivity contribution in [2.75, 3.05) is 18.9 Å². The van der Waals surface area contributed by atoms with Crippen LogP contribution in [-0.4, -0.2) is 19.3 Å². The van der Waals surface area contributed by atoms with Crippen molar-refractivity contribution in [2.45, 2.75) is 58.5 Å². The molecule has 1 aromatic carbocycles. The van der Waals surface area contributed by atoms with E-state index in [0.717, 1.165) is 43.1 Å². The second-order valence-corrected chi connectivity index (χ2v) is 6.03. The van der Waals surface area contributed by atoms with Gasteiger partial charge in [-0.05, 0) is 61.8 Å². The van der Waals surface area contributed by atoms with Gasteiger partial charge in [0.1, 0.15) is 5.75 Å². The lowest BCUT2D eigenvalue weighted by molar-refractivity contribution is 0.0980. The van der Waals surface area contributed by atoms with E-state index in [1.165, 1.54) is 18.4 Å². The van der Waals surface area contributed by atoms with E-state index in [1.54, 1.807) is 0 Å². The van der Waals surface area contributed by atoms with E-state index in [4.69, 9.17) is 15.2 Å². The largest absolute Gasteiger partial charge is 0.493 e. The Labute approximate surface area is 122 Å². The molecule has 1 unspecified atom stereocenters. The first-order chi connectivity index (χ1) is 9.58. The Kier molecular flexibility index (Phi) is 5.30. The summed E-state index contributed by atoms with van der Waals surface area (Å²) in [6, 6.07) is 4.12. The highest BCUT2D eigenvalue weighted by Gasteiger charge is 2.15. The van der Waals surface area contributed by atoms with Crippen LogP contribution in [0.25, 0.3) is 0 Å². The topological polar surface area (TPSA) is 44.5 Å². The molecule has 1 heterocycles. The summed E-state index contributed by atoms with van der Waals surface area (Å²) in [5.74, 6) is 1.41. The van der Waals surface area contributed by atoms with Gasteiger partial charge in [0.05, 0.1) is 12.7 Å². The molecule has 1 saturated heterocycles. The van der Waals surface area contributed by atoms with Crippen molar-refractivity contribution in [1.82, 2.24) is 0 Å². The second-order valence-electron chi connectivity index (χ2n) is 6.03. The fourth-order valence-electron chi connectivity index (χ4n) is 2.66. The Hall–Kier alpha value is -1.22. The first-order valence-electron chi connectivity index (χ1n) is 7.72. The molecular formula is C17H27NO2. The first-order valence-corrected chi connectivity index (χ1v) is 7.72. The van der Waals surface area contributed by atoms with E-state index >= 15 is 0 Å². The molecule has 1 aliphatic heterocycles. The van der Waals surface area contributed by atoms with E-state index in [-0.39, 0.29) is 0 Å². The predicted octanol–water partition coefficient (Wildman–Crippen LogP) is 4.04. The van der Waals surface area contributed by atoms with Crippen LogP contribution in [-0.2, 0) is 4.74 Å².